The van der Waals surface area contributed by atoms with Crippen molar-refractivity contribution in [2.45, 2.75) is 6.54 Å². The number of carbonyl (C=O) groups is 1. The standard InChI is InChI=1S/C11H9Cl2N3O3/c12-7-1-2-10(8(13)5-7)19-4-3-16-6-9(11(17)18)14-15-16/h1-2,5-6H,3-4H2,(H,17,18). The Labute approximate surface area is 118 Å². The quantitative estimate of drug-likeness (QED) is 0.917. The fraction of sp³-hybridized carbons (Fsp3) is 0.182. The number of halogens is 2. The van der Waals surface area contributed by atoms with Crippen molar-refractivity contribution in [3.8, 4) is 5.75 Å². The second kappa shape index (κ2) is 5.90. The molecule has 2 aromatic rings. The van der Waals surface area contributed by atoms with Gasteiger partial charge < -0.3 is 9.84 Å². The van der Waals surface area contributed by atoms with Crippen LogP contribution in [-0.2, 0) is 6.54 Å². The molecule has 0 radical (unpaired) electrons. The minimum Gasteiger partial charge on any atom is -0.490 e. The Morgan fingerprint density at radius 1 is 1.42 bits per heavy atom. The van der Waals surface area contributed by atoms with Crippen molar-refractivity contribution in [2.75, 3.05) is 6.61 Å². The number of carboxylic acid groups (broad SMARTS) is 1. The van der Waals surface area contributed by atoms with Crippen LogP contribution in [0.25, 0.3) is 0 Å². The highest BCUT2D eigenvalue weighted by Gasteiger charge is 2.08. The van der Waals surface area contributed by atoms with Crippen molar-refractivity contribution in [3.05, 3.63) is 40.1 Å². The van der Waals surface area contributed by atoms with Crippen molar-refractivity contribution in [1.82, 2.24) is 15.0 Å². The molecular weight excluding hydrogens is 293 g/mol. The first-order valence-corrected chi connectivity index (χ1v) is 6.03. The summed E-state index contributed by atoms with van der Waals surface area (Å²) < 4.78 is 6.82. The molecule has 2 rings (SSSR count). The molecule has 0 fully saturated rings. The molecule has 0 atom stereocenters. The minimum absolute atomic E-state index is 0.107. The van der Waals surface area contributed by atoms with Crippen molar-refractivity contribution >= 4 is 29.2 Å². The smallest absolute Gasteiger partial charge is 0.358 e. The molecule has 0 bridgehead atoms. The molecule has 0 saturated carbocycles. The van der Waals surface area contributed by atoms with Crippen LogP contribution in [0.5, 0.6) is 5.75 Å². The molecule has 6 nitrogen and oxygen atoms in total. The van der Waals surface area contributed by atoms with Gasteiger partial charge in [0.1, 0.15) is 12.4 Å². The van der Waals surface area contributed by atoms with Gasteiger partial charge in [-0.1, -0.05) is 28.4 Å². The Morgan fingerprint density at radius 3 is 2.84 bits per heavy atom. The average molecular weight is 302 g/mol. The first kappa shape index (κ1) is 13.6. The van der Waals surface area contributed by atoms with Gasteiger partial charge in [0.15, 0.2) is 5.69 Å². The predicted octanol–water partition coefficient (Wildman–Crippen LogP) is 2.36. The molecule has 1 aromatic carbocycles. The SMILES string of the molecule is O=C(O)c1cn(CCOc2ccc(Cl)cc2Cl)nn1. The summed E-state index contributed by atoms with van der Waals surface area (Å²) in [5.74, 6) is -0.613. The number of rotatable bonds is 5. The molecular formula is C11H9Cl2N3O3. The Bertz CT molecular complexity index is 601. The maximum absolute atomic E-state index is 10.6. The zero-order chi connectivity index (χ0) is 13.8. The molecule has 0 aliphatic heterocycles. The van der Waals surface area contributed by atoms with E-state index in [2.05, 4.69) is 10.3 Å². The van der Waals surface area contributed by atoms with Crippen LogP contribution in [0.1, 0.15) is 10.5 Å². The van der Waals surface area contributed by atoms with E-state index in [9.17, 15) is 4.79 Å². The number of hydrogen-bond donors (Lipinski definition) is 1. The summed E-state index contributed by atoms with van der Waals surface area (Å²) in [6.07, 6.45) is 1.33. The lowest BCUT2D eigenvalue weighted by Crippen LogP contribution is -2.09. The van der Waals surface area contributed by atoms with E-state index >= 15 is 0 Å². The Kier molecular flexibility index (Phi) is 4.24. The van der Waals surface area contributed by atoms with E-state index in [1.807, 2.05) is 0 Å². The highest BCUT2D eigenvalue weighted by atomic mass is 35.5. The third kappa shape index (κ3) is 3.59. The van der Waals surface area contributed by atoms with Crippen molar-refractivity contribution < 1.29 is 14.6 Å². The van der Waals surface area contributed by atoms with Gasteiger partial charge in [0.25, 0.3) is 0 Å². The maximum Gasteiger partial charge on any atom is 0.358 e. The lowest BCUT2D eigenvalue weighted by atomic mass is 10.3. The third-order valence-electron chi connectivity index (χ3n) is 2.23. The van der Waals surface area contributed by atoms with Crippen LogP contribution in [0.3, 0.4) is 0 Å². The number of nitrogens with zero attached hydrogens (tertiary/aromatic N) is 3. The highest BCUT2D eigenvalue weighted by Crippen LogP contribution is 2.27. The molecule has 1 N–H and O–H groups in total. The predicted molar refractivity (Wildman–Crippen MR) is 68.9 cm³/mol. The van der Waals surface area contributed by atoms with Crippen LogP contribution in [0, 0.1) is 0 Å². The van der Waals surface area contributed by atoms with Crippen molar-refractivity contribution in [1.29, 1.82) is 0 Å². The molecule has 19 heavy (non-hydrogen) atoms. The number of aromatic nitrogens is 3. The molecule has 0 aliphatic rings. The summed E-state index contributed by atoms with van der Waals surface area (Å²) in [5, 5.41) is 16.8. The summed E-state index contributed by atoms with van der Waals surface area (Å²) in [4.78, 5) is 10.6. The summed E-state index contributed by atoms with van der Waals surface area (Å²) >= 11 is 11.7. The van der Waals surface area contributed by atoms with Gasteiger partial charge >= 0.3 is 5.97 Å². The number of aromatic carboxylic acids is 1. The number of ether oxygens (including phenoxy) is 1. The largest absolute Gasteiger partial charge is 0.490 e. The van der Waals surface area contributed by atoms with Crippen molar-refractivity contribution in [2.24, 2.45) is 0 Å². The summed E-state index contributed by atoms with van der Waals surface area (Å²) in [5.41, 5.74) is -0.107. The average Bonchev–Trinajstić information content (AvgIpc) is 2.81. The number of benzene rings is 1. The van der Waals surface area contributed by atoms with Gasteiger partial charge in [0.2, 0.25) is 0 Å². The number of hydrogen-bond acceptors (Lipinski definition) is 4. The third-order valence-corrected chi connectivity index (χ3v) is 2.76. The summed E-state index contributed by atoms with van der Waals surface area (Å²) in [7, 11) is 0. The van der Waals surface area contributed by atoms with Gasteiger partial charge in [-0.2, -0.15) is 0 Å². The van der Waals surface area contributed by atoms with Crippen LogP contribution in [0.15, 0.2) is 24.4 Å². The molecule has 0 unspecified atom stereocenters. The first-order valence-electron chi connectivity index (χ1n) is 5.27. The van der Waals surface area contributed by atoms with Gasteiger partial charge in [0, 0.05) is 5.02 Å². The zero-order valence-electron chi connectivity index (χ0n) is 9.58. The second-order valence-electron chi connectivity index (χ2n) is 3.60. The molecule has 1 heterocycles. The molecule has 0 saturated heterocycles. The second-order valence-corrected chi connectivity index (χ2v) is 4.44. The molecule has 100 valence electrons. The van der Waals surface area contributed by atoms with E-state index in [0.29, 0.717) is 22.3 Å². The molecule has 1 aromatic heterocycles. The van der Waals surface area contributed by atoms with Gasteiger partial charge in [-0.25, -0.2) is 9.48 Å². The van der Waals surface area contributed by atoms with E-state index in [4.69, 9.17) is 33.0 Å². The van der Waals surface area contributed by atoms with Gasteiger partial charge in [-0.3, -0.25) is 0 Å². The van der Waals surface area contributed by atoms with Crippen LogP contribution in [0.2, 0.25) is 10.0 Å². The van der Waals surface area contributed by atoms with E-state index in [0.717, 1.165) is 0 Å². The van der Waals surface area contributed by atoms with Crippen LogP contribution in [-0.4, -0.2) is 32.7 Å². The molecule has 0 amide bonds. The van der Waals surface area contributed by atoms with E-state index in [1.165, 1.54) is 10.9 Å². The van der Waals surface area contributed by atoms with Crippen molar-refractivity contribution in [3.63, 3.8) is 0 Å². The van der Waals surface area contributed by atoms with E-state index in [1.54, 1.807) is 18.2 Å². The lowest BCUT2D eigenvalue weighted by Gasteiger charge is -2.07. The van der Waals surface area contributed by atoms with Gasteiger partial charge in [0.05, 0.1) is 17.8 Å². The normalized spacial score (nSPS) is 10.4. The summed E-state index contributed by atoms with van der Waals surface area (Å²) in [6, 6.07) is 4.91. The number of carboxylic acids is 1. The Balaban J connectivity index is 1.90. The van der Waals surface area contributed by atoms with E-state index in [-0.39, 0.29) is 12.3 Å². The van der Waals surface area contributed by atoms with Crippen LogP contribution < -0.4 is 4.74 Å². The molecule has 0 aliphatic carbocycles. The monoisotopic (exact) mass is 301 g/mol. The Hall–Kier alpha value is -1.79. The molecule has 8 heteroatoms. The topological polar surface area (TPSA) is 77.2 Å². The first-order chi connectivity index (χ1) is 9.06. The van der Waals surface area contributed by atoms with E-state index < -0.39 is 5.97 Å². The minimum atomic E-state index is -1.12. The fourth-order valence-electron chi connectivity index (χ4n) is 1.35. The Morgan fingerprint density at radius 2 is 2.21 bits per heavy atom. The van der Waals surface area contributed by atoms with Crippen LogP contribution in [0.4, 0.5) is 0 Å². The van der Waals surface area contributed by atoms with Gasteiger partial charge in [-0.15, -0.1) is 5.10 Å². The maximum atomic E-state index is 10.6. The van der Waals surface area contributed by atoms with Crippen LogP contribution >= 0.6 is 23.2 Å². The fourth-order valence-corrected chi connectivity index (χ4v) is 1.81. The van der Waals surface area contributed by atoms with Gasteiger partial charge in [-0.05, 0) is 18.2 Å². The highest BCUT2D eigenvalue weighted by molar-refractivity contribution is 6.35. The summed E-state index contributed by atoms with van der Waals surface area (Å²) in [6.45, 7) is 0.642. The lowest BCUT2D eigenvalue weighted by molar-refractivity contribution is 0.0690. The zero-order valence-corrected chi connectivity index (χ0v) is 11.1. The molecule has 0 spiro atoms.